The first-order valence-corrected chi connectivity index (χ1v) is 7.83. The van der Waals surface area contributed by atoms with Gasteiger partial charge in [-0.2, -0.15) is 5.10 Å². The maximum absolute atomic E-state index is 9.55. The monoisotopic (exact) mass is 343 g/mol. The van der Waals surface area contributed by atoms with Crippen molar-refractivity contribution in [1.29, 1.82) is 0 Å². The van der Waals surface area contributed by atoms with Crippen LogP contribution in [0.4, 0.5) is 0 Å². The molecule has 7 heteroatoms. The molecule has 2 aliphatic carbocycles. The third kappa shape index (κ3) is 4.54. The molecule has 1 heterocycles. The topological polar surface area (TPSA) is 118 Å². The molecular weight excluding hydrogens is 322 g/mol. The number of rotatable bonds is 4. The molecule has 1 unspecified atom stereocenters. The average Bonchev–Trinajstić information content (AvgIpc) is 3.07. The summed E-state index contributed by atoms with van der Waals surface area (Å²) < 4.78 is 2.02. The van der Waals surface area contributed by atoms with Gasteiger partial charge in [-0.05, 0) is 43.1 Å². The van der Waals surface area contributed by atoms with Crippen LogP contribution in [0.5, 0.6) is 0 Å². The van der Waals surface area contributed by atoms with Crippen molar-refractivity contribution in [1.82, 2.24) is 9.78 Å². The first-order chi connectivity index (χ1) is 11.8. The Labute approximate surface area is 144 Å². The van der Waals surface area contributed by atoms with Crippen LogP contribution in [0.2, 0.25) is 0 Å². The van der Waals surface area contributed by atoms with Gasteiger partial charge in [-0.3, -0.25) is 4.68 Å². The molecule has 0 saturated heterocycles. The molecule has 25 heavy (non-hydrogen) atoms. The zero-order valence-corrected chi connectivity index (χ0v) is 14.1. The Hall–Kier alpha value is -2.93. The number of nitrogens with zero attached hydrogens (tertiary/aromatic N) is 2. The largest absolute Gasteiger partial charge is 0.478 e. The fourth-order valence-corrected chi connectivity index (χ4v) is 2.72. The third-order valence-corrected chi connectivity index (χ3v) is 3.76. The summed E-state index contributed by atoms with van der Waals surface area (Å²) in [6.45, 7) is 4.95. The molecule has 0 saturated carbocycles. The third-order valence-electron chi connectivity index (χ3n) is 3.76. The van der Waals surface area contributed by atoms with Crippen LogP contribution in [0.25, 0.3) is 11.6 Å². The number of hydrogen-bond acceptors (Lipinski definition) is 4. The van der Waals surface area contributed by atoms with Gasteiger partial charge >= 0.3 is 11.9 Å². The number of aromatic nitrogens is 2. The van der Waals surface area contributed by atoms with Gasteiger partial charge in [0.15, 0.2) is 0 Å². The van der Waals surface area contributed by atoms with Crippen LogP contribution in [0, 0.1) is 0 Å². The van der Waals surface area contributed by atoms with E-state index in [9.17, 15) is 9.59 Å². The van der Waals surface area contributed by atoms with Gasteiger partial charge in [-0.1, -0.05) is 12.2 Å². The summed E-state index contributed by atoms with van der Waals surface area (Å²) in [7, 11) is 0. The van der Waals surface area contributed by atoms with E-state index in [1.165, 1.54) is 27.3 Å². The Morgan fingerprint density at radius 2 is 2.00 bits per heavy atom. The number of hydrogen-bond donors (Lipinski definition) is 3. The number of fused-ring (bicyclic) bond motifs is 2. The zero-order chi connectivity index (χ0) is 18.6. The Morgan fingerprint density at radius 3 is 2.56 bits per heavy atom. The number of carboxylic acids is 2. The minimum absolute atomic E-state index is 0.133. The molecule has 0 fully saturated rings. The minimum atomic E-state index is -1.26. The first-order valence-electron chi connectivity index (χ1n) is 7.83. The van der Waals surface area contributed by atoms with Gasteiger partial charge in [0.25, 0.3) is 0 Å². The highest BCUT2D eigenvalue weighted by Crippen LogP contribution is 2.27. The standard InChI is InChI=1S/C14H17N3.C4H4O4/c1-9-4-3-5-11-12(9)6-14-13(11)7-16-17(14)8-10(2)15;5-3(6)1-2-4(7)8/h3-4,6-7,10H,5,8,15H2,1-2H3;1-2H,(H,5,6)(H,7,8). The summed E-state index contributed by atoms with van der Waals surface area (Å²) in [5.41, 5.74) is 9.97. The number of aliphatic carboxylic acids is 2. The maximum Gasteiger partial charge on any atom is 0.328 e. The van der Waals surface area contributed by atoms with E-state index in [1.54, 1.807) is 0 Å². The molecule has 3 rings (SSSR count). The molecule has 0 amide bonds. The number of nitrogens with two attached hydrogens (primary N) is 1. The number of allylic oxidation sites excluding steroid dienone is 4. The lowest BCUT2D eigenvalue weighted by atomic mass is 9.95. The SMILES string of the molecule is CC1=C2C=c3c(cnn3CC(C)N)=C2CC=C1.O=C(O)C=CC(=O)O. The van der Waals surface area contributed by atoms with Gasteiger partial charge in [0.2, 0.25) is 0 Å². The summed E-state index contributed by atoms with van der Waals surface area (Å²) in [5, 5.41) is 22.6. The summed E-state index contributed by atoms with van der Waals surface area (Å²) >= 11 is 0. The lowest BCUT2D eigenvalue weighted by Gasteiger charge is -2.10. The first kappa shape index (κ1) is 18.4. The highest BCUT2D eigenvalue weighted by Gasteiger charge is 2.17. The van der Waals surface area contributed by atoms with E-state index < -0.39 is 11.9 Å². The fourth-order valence-electron chi connectivity index (χ4n) is 2.72. The minimum Gasteiger partial charge on any atom is -0.478 e. The van der Waals surface area contributed by atoms with Crippen molar-refractivity contribution in [3.63, 3.8) is 0 Å². The normalized spacial score (nSPS) is 16.0. The van der Waals surface area contributed by atoms with Crippen molar-refractivity contribution in [3.05, 3.63) is 52.2 Å². The van der Waals surface area contributed by atoms with Gasteiger partial charge in [0, 0.05) is 23.4 Å². The average molecular weight is 343 g/mol. The summed E-state index contributed by atoms with van der Waals surface area (Å²) in [4.78, 5) is 19.1. The maximum atomic E-state index is 9.55. The molecular formula is C18H21N3O4. The van der Waals surface area contributed by atoms with E-state index in [2.05, 4.69) is 30.3 Å². The number of carbonyl (C=O) groups is 2. The predicted octanol–water partition coefficient (Wildman–Crippen LogP) is 0.163. The summed E-state index contributed by atoms with van der Waals surface area (Å²) in [5.74, 6) is -2.51. The van der Waals surface area contributed by atoms with Gasteiger partial charge < -0.3 is 15.9 Å². The smallest absolute Gasteiger partial charge is 0.328 e. The molecule has 1 aromatic rings. The molecule has 0 aromatic carbocycles. The molecule has 0 bridgehead atoms. The molecule has 1 atom stereocenters. The molecule has 2 aliphatic rings. The van der Waals surface area contributed by atoms with E-state index in [0.717, 1.165) is 13.0 Å². The Kier molecular flexibility index (Phi) is 5.71. The van der Waals surface area contributed by atoms with Crippen molar-refractivity contribution in [2.24, 2.45) is 5.73 Å². The fraction of sp³-hybridized carbons (Fsp3) is 0.278. The number of carboxylic acid groups (broad SMARTS) is 2. The van der Waals surface area contributed by atoms with Crippen molar-refractivity contribution >= 4 is 23.6 Å². The second kappa shape index (κ2) is 7.76. The van der Waals surface area contributed by atoms with Crippen LogP contribution in [0.3, 0.4) is 0 Å². The van der Waals surface area contributed by atoms with Gasteiger partial charge in [-0.25, -0.2) is 9.59 Å². The van der Waals surface area contributed by atoms with Crippen LogP contribution in [0.15, 0.2) is 41.6 Å². The van der Waals surface area contributed by atoms with E-state index >= 15 is 0 Å². The Balaban J connectivity index is 0.000000242. The van der Waals surface area contributed by atoms with E-state index in [1.807, 2.05) is 17.8 Å². The van der Waals surface area contributed by atoms with Gasteiger partial charge in [-0.15, -0.1) is 0 Å². The molecule has 4 N–H and O–H groups in total. The molecule has 0 radical (unpaired) electrons. The summed E-state index contributed by atoms with van der Waals surface area (Å²) in [6, 6.07) is 0.133. The van der Waals surface area contributed by atoms with Gasteiger partial charge in [0.05, 0.1) is 18.1 Å². The Bertz CT molecular complexity index is 885. The van der Waals surface area contributed by atoms with Crippen LogP contribution in [-0.2, 0) is 16.1 Å². The van der Waals surface area contributed by atoms with Gasteiger partial charge in [0.1, 0.15) is 0 Å². The molecule has 0 spiro atoms. The van der Waals surface area contributed by atoms with Crippen LogP contribution in [0.1, 0.15) is 20.3 Å². The predicted molar refractivity (Wildman–Crippen MR) is 93.9 cm³/mol. The molecule has 0 aliphatic heterocycles. The highest BCUT2D eigenvalue weighted by molar-refractivity contribution is 5.89. The van der Waals surface area contributed by atoms with Crippen LogP contribution < -0.4 is 16.3 Å². The van der Waals surface area contributed by atoms with Crippen molar-refractivity contribution in [2.75, 3.05) is 0 Å². The van der Waals surface area contributed by atoms with Crippen molar-refractivity contribution in [3.8, 4) is 0 Å². The zero-order valence-electron chi connectivity index (χ0n) is 14.1. The lowest BCUT2D eigenvalue weighted by molar-refractivity contribution is -0.134. The quantitative estimate of drug-likeness (QED) is 0.670. The Morgan fingerprint density at radius 1 is 1.36 bits per heavy atom. The van der Waals surface area contributed by atoms with Crippen molar-refractivity contribution in [2.45, 2.75) is 32.9 Å². The summed E-state index contributed by atoms with van der Waals surface area (Å²) in [6.07, 6.45) is 10.8. The van der Waals surface area contributed by atoms with Crippen molar-refractivity contribution < 1.29 is 19.8 Å². The highest BCUT2D eigenvalue weighted by atomic mass is 16.4. The molecule has 7 nitrogen and oxygen atoms in total. The van der Waals surface area contributed by atoms with E-state index in [0.29, 0.717) is 12.2 Å². The lowest BCUT2D eigenvalue weighted by Crippen LogP contribution is -2.33. The van der Waals surface area contributed by atoms with E-state index in [-0.39, 0.29) is 6.04 Å². The van der Waals surface area contributed by atoms with E-state index in [4.69, 9.17) is 15.9 Å². The van der Waals surface area contributed by atoms with Crippen LogP contribution in [-0.4, -0.2) is 38.0 Å². The van der Waals surface area contributed by atoms with Crippen LogP contribution >= 0.6 is 0 Å². The molecule has 132 valence electrons. The molecule has 1 aromatic heterocycles. The second-order valence-electron chi connectivity index (χ2n) is 5.94. The second-order valence-corrected chi connectivity index (χ2v) is 5.94.